The van der Waals surface area contributed by atoms with Gasteiger partial charge in [-0.2, -0.15) is 0 Å². The third-order valence-electron chi connectivity index (χ3n) is 8.94. The van der Waals surface area contributed by atoms with Gasteiger partial charge in [-0.15, -0.1) is 0 Å². The van der Waals surface area contributed by atoms with Crippen molar-refractivity contribution in [2.45, 2.75) is 47.9 Å². The van der Waals surface area contributed by atoms with Crippen molar-refractivity contribution in [1.29, 1.82) is 0 Å². The number of carbonyl (C=O) groups is 1. The molecule has 2 nitrogen and oxygen atoms in total. The fraction of sp³-hybridized carbons (Fsp3) is 0.242. The molecular formula is C33H26BF10O2P. The highest BCUT2D eigenvalue weighted by atomic mass is 31.2. The van der Waals surface area contributed by atoms with Gasteiger partial charge >= 0.3 is 5.71 Å². The topological polar surface area (TPSA) is 26.3 Å². The van der Waals surface area contributed by atoms with Gasteiger partial charge in [-0.1, -0.05) is 52.6 Å². The number of rotatable bonds is 4. The van der Waals surface area contributed by atoms with E-state index in [1.54, 1.807) is 65.8 Å². The van der Waals surface area contributed by atoms with Crippen LogP contribution in [0.15, 0.2) is 24.3 Å². The third kappa shape index (κ3) is 4.87. The average molecular weight is 686 g/mol. The summed E-state index contributed by atoms with van der Waals surface area (Å²) in [7, 11) is -3.68. The molecule has 0 amide bonds. The fourth-order valence-corrected chi connectivity index (χ4v) is 12.5. The predicted octanol–water partition coefficient (Wildman–Crippen LogP) is 7.81. The molecule has 0 spiro atoms. The van der Waals surface area contributed by atoms with E-state index in [0.717, 1.165) is 11.1 Å². The van der Waals surface area contributed by atoms with Gasteiger partial charge in [0, 0.05) is 0 Å². The zero-order chi connectivity index (χ0) is 35.1. The normalized spacial score (nSPS) is 15.6. The first kappa shape index (κ1) is 34.5. The van der Waals surface area contributed by atoms with E-state index in [-0.39, 0.29) is 0 Å². The van der Waals surface area contributed by atoms with Crippen LogP contribution in [0.2, 0.25) is 6.32 Å². The van der Waals surface area contributed by atoms with E-state index >= 15 is 17.6 Å². The van der Waals surface area contributed by atoms with E-state index < -0.39 is 101 Å². The smallest absolute Gasteiger partial charge is 0.414 e. The van der Waals surface area contributed by atoms with Crippen LogP contribution < -0.4 is 21.5 Å². The third-order valence-corrected chi connectivity index (χ3v) is 13.5. The Morgan fingerprint density at radius 3 is 1.06 bits per heavy atom. The van der Waals surface area contributed by atoms with Crippen LogP contribution in [0.25, 0.3) is 0 Å². The van der Waals surface area contributed by atoms with Crippen molar-refractivity contribution in [2.75, 3.05) is 6.16 Å². The Kier molecular flexibility index (Phi) is 8.57. The number of aryl methyl sites for hydroxylation is 6. The molecule has 4 aromatic rings. The second-order valence-electron chi connectivity index (χ2n) is 12.1. The maximum atomic E-state index is 15.6. The molecule has 14 heteroatoms. The molecule has 0 aromatic heterocycles. The lowest BCUT2D eigenvalue weighted by Gasteiger charge is -2.48. The first-order chi connectivity index (χ1) is 21.8. The molecule has 0 aliphatic carbocycles. The van der Waals surface area contributed by atoms with Crippen molar-refractivity contribution in [3.05, 3.63) is 116 Å². The zero-order valence-electron chi connectivity index (χ0n) is 25.8. The molecule has 5 rings (SSSR count). The summed E-state index contributed by atoms with van der Waals surface area (Å²) in [5, 5.41) is 0.866. The summed E-state index contributed by atoms with van der Waals surface area (Å²) in [5.74, 6) is -26.1. The first-order valence-corrected chi connectivity index (χ1v) is 16.3. The Hall–Kier alpha value is -3.86. The van der Waals surface area contributed by atoms with Crippen molar-refractivity contribution in [3.63, 3.8) is 0 Å². The molecule has 1 heterocycles. The van der Waals surface area contributed by atoms with E-state index in [1.807, 2.05) is 0 Å². The van der Waals surface area contributed by atoms with Gasteiger partial charge in [0.2, 0.25) is 6.35 Å². The molecule has 47 heavy (non-hydrogen) atoms. The second-order valence-corrected chi connectivity index (χ2v) is 15.4. The Labute approximate surface area is 264 Å². The van der Waals surface area contributed by atoms with E-state index in [2.05, 4.69) is 0 Å². The Balaban J connectivity index is 1.95. The number of hydrogen-bond acceptors (Lipinski definition) is 2. The molecule has 1 aliphatic rings. The highest BCUT2D eigenvalue weighted by Crippen LogP contribution is 2.64. The molecule has 0 N–H and O–H groups in total. The summed E-state index contributed by atoms with van der Waals surface area (Å²) in [5.41, 5.74) is -1.49. The number of carbonyl (C=O) groups excluding carboxylic acids is 1. The molecular weight excluding hydrogens is 660 g/mol. The second kappa shape index (κ2) is 11.7. The summed E-state index contributed by atoms with van der Waals surface area (Å²) in [6, 6.07) is 6.99. The minimum absolute atomic E-state index is 0.433. The van der Waals surface area contributed by atoms with E-state index in [0.29, 0.717) is 32.9 Å². The van der Waals surface area contributed by atoms with Crippen LogP contribution in [-0.4, -0.2) is 18.2 Å². The maximum Gasteiger partial charge on any atom is 0.414 e. The molecule has 1 aliphatic heterocycles. The van der Waals surface area contributed by atoms with Crippen molar-refractivity contribution in [1.82, 2.24) is 0 Å². The van der Waals surface area contributed by atoms with Gasteiger partial charge < -0.3 is 4.65 Å². The quantitative estimate of drug-likeness (QED) is 0.0721. The lowest BCUT2D eigenvalue weighted by molar-refractivity contribution is 0.223. The first-order valence-electron chi connectivity index (χ1n) is 14.3. The van der Waals surface area contributed by atoms with Crippen LogP contribution in [0.3, 0.4) is 0 Å². The molecule has 1 saturated heterocycles. The minimum atomic E-state index is -4.69. The standard InChI is InChI=1S/C33H26BF10O2P/c1-13-9-15(3)31(16(4)10-13)47(32-17(5)11-14(2)12-18(32)6)8-7-34(46-33(47)45,19-21(35)25(39)29(43)26(40)22(19)36)20-23(37)27(41)30(44)28(42)24(20)38/h9-12H,7-8H2,1-6H3. The predicted molar refractivity (Wildman–Crippen MR) is 161 cm³/mol. The summed E-state index contributed by atoms with van der Waals surface area (Å²) < 4.78 is 155. The lowest BCUT2D eigenvalue weighted by atomic mass is 9.29. The van der Waals surface area contributed by atoms with Crippen LogP contribution in [0.1, 0.15) is 33.4 Å². The molecule has 4 aromatic carbocycles. The highest BCUT2D eigenvalue weighted by Gasteiger charge is 2.62. The van der Waals surface area contributed by atoms with Crippen LogP contribution in [0.4, 0.5) is 48.7 Å². The van der Waals surface area contributed by atoms with Crippen molar-refractivity contribution in [2.24, 2.45) is 0 Å². The van der Waals surface area contributed by atoms with Gasteiger partial charge in [0.1, 0.15) is 33.9 Å². The lowest BCUT2D eigenvalue weighted by Crippen LogP contribution is -2.69. The summed E-state index contributed by atoms with van der Waals surface area (Å²) in [4.78, 5) is 14.8. The molecule has 1 fully saturated rings. The van der Waals surface area contributed by atoms with Gasteiger partial charge in [-0.25, -0.2) is 48.7 Å². The maximum absolute atomic E-state index is 15.6. The zero-order valence-corrected chi connectivity index (χ0v) is 26.7. The van der Waals surface area contributed by atoms with E-state index in [4.69, 9.17) is 4.65 Å². The summed E-state index contributed by atoms with van der Waals surface area (Å²) >= 11 is 0. The van der Waals surface area contributed by atoms with E-state index in [1.165, 1.54) is 0 Å². The molecule has 0 bridgehead atoms. The van der Waals surface area contributed by atoms with Gasteiger partial charge in [-0.3, -0.25) is 0 Å². The van der Waals surface area contributed by atoms with Crippen molar-refractivity contribution < 1.29 is 53.4 Å². The van der Waals surface area contributed by atoms with Crippen LogP contribution >= 0.6 is 7.26 Å². The van der Waals surface area contributed by atoms with Crippen LogP contribution in [0.5, 0.6) is 0 Å². The van der Waals surface area contributed by atoms with Crippen molar-refractivity contribution >= 4 is 40.9 Å². The molecule has 0 radical (unpaired) electrons. The van der Waals surface area contributed by atoms with Crippen LogP contribution in [0, 0.1) is 99.7 Å². The molecule has 248 valence electrons. The van der Waals surface area contributed by atoms with Crippen molar-refractivity contribution in [3.8, 4) is 0 Å². The molecule has 0 atom stereocenters. The van der Waals surface area contributed by atoms with Crippen LogP contribution in [-0.2, 0) is 4.65 Å². The Morgan fingerprint density at radius 1 is 0.511 bits per heavy atom. The molecule has 0 saturated carbocycles. The minimum Gasteiger partial charge on any atom is -0.650 e. The Bertz CT molecular complexity index is 1800. The highest BCUT2D eigenvalue weighted by molar-refractivity contribution is 8.03. The fourth-order valence-electron chi connectivity index (χ4n) is 7.47. The Morgan fingerprint density at radius 2 is 0.787 bits per heavy atom. The van der Waals surface area contributed by atoms with Gasteiger partial charge in [0.05, 0.1) is 6.16 Å². The van der Waals surface area contributed by atoms with Gasteiger partial charge in [0.15, 0.2) is 42.2 Å². The summed E-state index contributed by atoms with van der Waals surface area (Å²) in [6.07, 6.45) is -6.32. The average Bonchev–Trinajstić information content (AvgIpc) is 2.98. The largest absolute Gasteiger partial charge is 0.650 e. The van der Waals surface area contributed by atoms with Gasteiger partial charge in [-0.05, 0) is 63.8 Å². The number of benzene rings is 4. The molecule has 0 unspecified atom stereocenters. The number of halogens is 10. The van der Waals surface area contributed by atoms with Gasteiger partial charge in [0.25, 0.3) is 0 Å². The SMILES string of the molecule is Cc1cc(C)c([P+]2(c3c(C)cc(C)cc3C)CC[B-](c3c(F)c(F)c(F)c(F)c3F)(c3c(F)c(F)c(F)c(F)c3F)OC2=O)c(C)c1. The monoisotopic (exact) mass is 686 g/mol. The summed E-state index contributed by atoms with van der Waals surface area (Å²) in [6.45, 7) is 10.3. The van der Waals surface area contributed by atoms with E-state index in [9.17, 15) is 31.1 Å². The number of hydrogen-bond donors (Lipinski definition) is 0.